The molecule has 0 saturated heterocycles. The molecular weight excluding hydrogens is 544 g/mol. The summed E-state index contributed by atoms with van der Waals surface area (Å²) in [6, 6.07) is 24.6. The summed E-state index contributed by atoms with van der Waals surface area (Å²) in [5.74, 6) is -1.00. The van der Waals surface area contributed by atoms with Crippen molar-refractivity contribution in [2.45, 2.75) is 0 Å². The first-order valence-electron chi connectivity index (χ1n) is 13.3. The van der Waals surface area contributed by atoms with Gasteiger partial charge in [0.1, 0.15) is 5.82 Å². The molecule has 0 aliphatic heterocycles. The van der Waals surface area contributed by atoms with Gasteiger partial charge in [-0.05, 0) is 71.8 Å². The molecule has 0 saturated carbocycles. The second-order valence-electron chi connectivity index (χ2n) is 9.84. The van der Waals surface area contributed by atoms with Gasteiger partial charge in [0.25, 0.3) is 17.7 Å². The van der Waals surface area contributed by atoms with Crippen molar-refractivity contribution < 1.29 is 14.4 Å². The highest BCUT2D eigenvalue weighted by molar-refractivity contribution is 6.05. The van der Waals surface area contributed by atoms with Gasteiger partial charge >= 0.3 is 0 Å². The second-order valence-corrected chi connectivity index (χ2v) is 9.84. The van der Waals surface area contributed by atoms with Crippen molar-refractivity contribution >= 4 is 47.3 Å². The molecule has 3 amide bonds. The molecule has 11 nitrogen and oxygen atoms in total. The Morgan fingerprint density at radius 2 is 1.09 bits per heavy atom. The van der Waals surface area contributed by atoms with Gasteiger partial charge in [0.15, 0.2) is 0 Å². The van der Waals surface area contributed by atoms with Crippen molar-refractivity contribution in [1.29, 1.82) is 0 Å². The molecule has 0 spiro atoms. The molecule has 11 heteroatoms. The zero-order valence-electron chi connectivity index (χ0n) is 24.3. The average molecular weight is 577 g/mol. The number of nitrogens with zero attached hydrogens (tertiary/aromatic N) is 5. The molecule has 218 valence electrons. The number of benzene rings is 3. The summed E-state index contributed by atoms with van der Waals surface area (Å²) in [5, 5.41) is 10.7. The highest BCUT2D eigenvalue weighted by Crippen LogP contribution is 2.13. The van der Waals surface area contributed by atoms with Crippen molar-refractivity contribution in [3.8, 4) is 0 Å². The van der Waals surface area contributed by atoms with Crippen LogP contribution in [-0.2, 0) is 0 Å². The lowest BCUT2D eigenvalue weighted by Gasteiger charge is -2.12. The molecule has 0 aliphatic carbocycles. The van der Waals surface area contributed by atoms with Crippen LogP contribution in [0.15, 0.2) is 101 Å². The van der Waals surface area contributed by atoms with Gasteiger partial charge in [-0.1, -0.05) is 24.3 Å². The normalized spacial score (nSPS) is 10.9. The molecule has 0 fully saturated rings. The Hall–Kier alpha value is -5.84. The fourth-order valence-electron chi connectivity index (χ4n) is 3.79. The first-order chi connectivity index (χ1) is 20.7. The Labute approximate surface area is 249 Å². The standard InChI is InChI=1S/C32H32N8O3/c1-39(2)27-9-5-7-22(17-27)19-34-37-31(42)25-13-11-24(12-14-25)30(41)36-29-16-15-26(21-33-29)32(43)38-35-20-23-8-6-10-28(18-23)40(3)4/h5-21H,1-4H3,(H,37,42)(H,38,43)(H,33,36,41)/b34-19+,35-20+. The summed E-state index contributed by atoms with van der Waals surface area (Å²) in [5.41, 5.74) is 9.63. The first-order valence-corrected chi connectivity index (χ1v) is 13.3. The van der Waals surface area contributed by atoms with Gasteiger partial charge in [-0.25, -0.2) is 15.8 Å². The molecule has 3 N–H and O–H groups in total. The topological polar surface area (TPSA) is 131 Å². The van der Waals surface area contributed by atoms with Crippen LogP contribution in [0.3, 0.4) is 0 Å². The van der Waals surface area contributed by atoms with Gasteiger partial charge in [0, 0.05) is 56.9 Å². The zero-order valence-corrected chi connectivity index (χ0v) is 24.3. The minimum Gasteiger partial charge on any atom is -0.378 e. The van der Waals surface area contributed by atoms with E-state index in [-0.39, 0.29) is 11.4 Å². The first kappa shape index (κ1) is 30.1. The maximum Gasteiger partial charge on any atom is 0.272 e. The maximum absolute atomic E-state index is 12.7. The number of carbonyl (C=O) groups excluding carboxylic acids is 3. The van der Waals surface area contributed by atoms with Gasteiger partial charge in [0.05, 0.1) is 18.0 Å². The van der Waals surface area contributed by atoms with E-state index in [4.69, 9.17) is 0 Å². The monoisotopic (exact) mass is 576 g/mol. The lowest BCUT2D eigenvalue weighted by Crippen LogP contribution is -2.19. The Kier molecular flexibility index (Phi) is 9.93. The number of hydrogen-bond donors (Lipinski definition) is 3. The van der Waals surface area contributed by atoms with E-state index >= 15 is 0 Å². The molecule has 0 aliphatic rings. The summed E-state index contributed by atoms with van der Waals surface area (Å²) in [6.07, 6.45) is 4.46. The van der Waals surface area contributed by atoms with Gasteiger partial charge in [0.2, 0.25) is 0 Å². The molecule has 0 atom stereocenters. The smallest absolute Gasteiger partial charge is 0.272 e. The lowest BCUT2D eigenvalue weighted by atomic mass is 10.1. The summed E-state index contributed by atoms with van der Waals surface area (Å²) >= 11 is 0. The molecule has 4 aromatic rings. The summed E-state index contributed by atoms with van der Waals surface area (Å²) < 4.78 is 0. The number of anilines is 3. The number of rotatable bonds is 10. The summed E-state index contributed by atoms with van der Waals surface area (Å²) in [4.78, 5) is 45.7. The molecule has 4 rings (SSSR count). The number of amides is 3. The van der Waals surface area contributed by atoms with E-state index in [0.29, 0.717) is 11.1 Å². The number of hydrazone groups is 2. The number of aromatic nitrogens is 1. The number of carbonyl (C=O) groups is 3. The van der Waals surface area contributed by atoms with Crippen LogP contribution in [0, 0.1) is 0 Å². The average Bonchev–Trinajstić information content (AvgIpc) is 3.01. The summed E-state index contributed by atoms with van der Waals surface area (Å²) in [6.45, 7) is 0. The fourth-order valence-corrected chi connectivity index (χ4v) is 3.79. The SMILES string of the molecule is CN(C)c1cccc(/C=N/NC(=O)c2ccc(C(=O)Nc3ccc(C(=O)N/N=C/c4cccc(N(C)C)c4)cn3)cc2)c1. The van der Waals surface area contributed by atoms with Crippen LogP contribution >= 0.6 is 0 Å². The quantitative estimate of drug-likeness (QED) is 0.193. The molecule has 0 bridgehead atoms. The highest BCUT2D eigenvalue weighted by atomic mass is 16.2. The third-order valence-corrected chi connectivity index (χ3v) is 6.21. The van der Waals surface area contributed by atoms with E-state index in [1.54, 1.807) is 12.4 Å². The van der Waals surface area contributed by atoms with E-state index in [9.17, 15) is 14.4 Å². The van der Waals surface area contributed by atoms with E-state index in [0.717, 1.165) is 22.5 Å². The van der Waals surface area contributed by atoms with Gasteiger partial charge < -0.3 is 15.1 Å². The lowest BCUT2D eigenvalue weighted by molar-refractivity contribution is 0.0946. The van der Waals surface area contributed by atoms with Crippen molar-refractivity contribution in [3.63, 3.8) is 0 Å². The Morgan fingerprint density at radius 1 is 0.628 bits per heavy atom. The van der Waals surface area contributed by atoms with Gasteiger partial charge in [-0.15, -0.1) is 0 Å². The van der Waals surface area contributed by atoms with Gasteiger partial charge in [-0.3, -0.25) is 14.4 Å². The number of hydrogen-bond acceptors (Lipinski definition) is 8. The Bertz CT molecular complexity index is 1650. The minimum atomic E-state index is -0.439. The van der Waals surface area contributed by atoms with Crippen LogP contribution < -0.4 is 26.0 Å². The molecule has 0 unspecified atom stereocenters. The van der Waals surface area contributed by atoms with Crippen molar-refractivity contribution in [1.82, 2.24) is 15.8 Å². The van der Waals surface area contributed by atoms with Crippen molar-refractivity contribution in [2.75, 3.05) is 43.3 Å². The molecule has 1 heterocycles. The highest BCUT2D eigenvalue weighted by Gasteiger charge is 2.11. The second kappa shape index (κ2) is 14.2. The molecule has 43 heavy (non-hydrogen) atoms. The van der Waals surface area contributed by atoms with Crippen LogP contribution in [0.1, 0.15) is 42.2 Å². The van der Waals surface area contributed by atoms with E-state index in [1.165, 1.54) is 42.6 Å². The predicted molar refractivity (Wildman–Crippen MR) is 170 cm³/mol. The van der Waals surface area contributed by atoms with Crippen LogP contribution in [-0.4, -0.2) is 63.3 Å². The maximum atomic E-state index is 12.7. The number of pyridine rings is 1. The Balaban J connectivity index is 1.27. The Morgan fingerprint density at radius 3 is 1.56 bits per heavy atom. The van der Waals surface area contributed by atoms with Crippen LogP contribution in [0.25, 0.3) is 0 Å². The minimum absolute atomic E-state index is 0.264. The number of nitrogens with one attached hydrogen (secondary N) is 3. The third-order valence-electron chi connectivity index (χ3n) is 6.21. The molecule has 3 aromatic carbocycles. The zero-order chi connectivity index (χ0) is 30.8. The van der Waals surface area contributed by atoms with Crippen molar-refractivity contribution in [3.05, 3.63) is 119 Å². The largest absolute Gasteiger partial charge is 0.378 e. The summed E-state index contributed by atoms with van der Waals surface area (Å²) in [7, 11) is 7.78. The van der Waals surface area contributed by atoms with Crippen LogP contribution in [0.5, 0.6) is 0 Å². The van der Waals surface area contributed by atoms with Crippen molar-refractivity contribution in [2.24, 2.45) is 10.2 Å². The van der Waals surface area contributed by atoms with Crippen LogP contribution in [0.4, 0.5) is 17.2 Å². The van der Waals surface area contributed by atoms with Gasteiger partial charge in [-0.2, -0.15) is 10.2 Å². The van der Waals surface area contributed by atoms with E-state index in [2.05, 4.69) is 31.4 Å². The molecular formula is C32H32N8O3. The third kappa shape index (κ3) is 8.57. The van der Waals surface area contributed by atoms with E-state index in [1.807, 2.05) is 86.5 Å². The fraction of sp³-hybridized carbons (Fsp3) is 0.125. The molecule has 0 radical (unpaired) electrons. The van der Waals surface area contributed by atoms with E-state index < -0.39 is 17.7 Å². The molecule has 1 aromatic heterocycles. The predicted octanol–water partition coefficient (Wildman–Crippen LogP) is 3.99. The van der Waals surface area contributed by atoms with Crippen LogP contribution in [0.2, 0.25) is 0 Å².